The Balaban J connectivity index is 2.43. The quantitative estimate of drug-likeness (QED) is 0.701. The van der Waals surface area contributed by atoms with Gasteiger partial charge in [0, 0.05) is 19.0 Å². The van der Waals surface area contributed by atoms with E-state index in [4.69, 9.17) is 11.6 Å². The van der Waals surface area contributed by atoms with Crippen LogP contribution in [0.2, 0.25) is 0 Å². The predicted octanol–water partition coefficient (Wildman–Crippen LogP) is 1.58. The van der Waals surface area contributed by atoms with Gasteiger partial charge in [0.25, 0.3) is 0 Å². The highest BCUT2D eigenvalue weighted by Crippen LogP contribution is 2.29. The molecule has 1 aliphatic carbocycles. The first-order chi connectivity index (χ1) is 8.48. The van der Waals surface area contributed by atoms with Gasteiger partial charge in [-0.05, 0) is 30.6 Å². The van der Waals surface area contributed by atoms with Crippen LogP contribution in [0.4, 0.5) is 0 Å². The molecule has 1 aliphatic rings. The van der Waals surface area contributed by atoms with Gasteiger partial charge in [-0.1, -0.05) is 19.8 Å². The molecule has 4 nitrogen and oxygen atoms in total. The third kappa shape index (κ3) is 5.43. The molecule has 0 heterocycles. The molecule has 0 aromatic heterocycles. The fraction of sp³-hybridized carbons (Fsp3) is 1.00. The molecule has 3 atom stereocenters. The van der Waals surface area contributed by atoms with Gasteiger partial charge >= 0.3 is 0 Å². The van der Waals surface area contributed by atoms with E-state index in [1.54, 1.807) is 0 Å². The normalized spacial score (nSPS) is 27.1. The number of halogens is 1. The lowest BCUT2D eigenvalue weighted by Gasteiger charge is -2.30. The van der Waals surface area contributed by atoms with Gasteiger partial charge < -0.3 is 5.11 Å². The zero-order valence-corrected chi connectivity index (χ0v) is 12.5. The summed E-state index contributed by atoms with van der Waals surface area (Å²) in [5.41, 5.74) is 0. The van der Waals surface area contributed by atoms with Crippen molar-refractivity contribution in [3.05, 3.63) is 0 Å². The SMILES string of the molecule is CC(CCl)CS(=O)(=O)NCC1CCCCC1CO. The standard InChI is InChI=1S/C12H24ClNO3S/c1-10(6-13)9-18(16,17)14-7-11-4-2-3-5-12(11)8-15/h10-12,14-15H,2-9H2,1H3. The average molecular weight is 298 g/mol. The van der Waals surface area contributed by atoms with Crippen molar-refractivity contribution >= 4 is 21.6 Å². The molecule has 0 saturated heterocycles. The minimum atomic E-state index is -3.24. The molecule has 0 aliphatic heterocycles. The van der Waals surface area contributed by atoms with Crippen molar-refractivity contribution in [1.29, 1.82) is 0 Å². The van der Waals surface area contributed by atoms with E-state index in [1.165, 1.54) is 0 Å². The predicted molar refractivity (Wildman–Crippen MR) is 74.2 cm³/mol. The van der Waals surface area contributed by atoms with Crippen molar-refractivity contribution in [3.8, 4) is 0 Å². The van der Waals surface area contributed by atoms with E-state index in [0.29, 0.717) is 12.4 Å². The third-order valence-corrected chi connectivity index (χ3v) is 5.77. The monoisotopic (exact) mass is 297 g/mol. The topological polar surface area (TPSA) is 66.4 Å². The molecule has 0 bridgehead atoms. The molecule has 0 amide bonds. The van der Waals surface area contributed by atoms with Crippen molar-refractivity contribution in [2.75, 3.05) is 24.8 Å². The van der Waals surface area contributed by atoms with Gasteiger partial charge in [0.05, 0.1) is 5.75 Å². The minimum absolute atomic E-state index is 0.0378. The highest BCUT2D eigenvalue weighted by atomic mass is 35.5. The van der Waals surface area contributed by atoms with Crippen LogP contribution in [-0.2, 0) is 10.0 Å². The summed E-state index contributed by atoms with van der Waals surface area (Å²) >= 11 is 5.63. The molecule has 2 N–H and O–H groups in total. The lowest BCUT2D eigenvalue weighted by molar-refractivity contribution is 0.136. The molecule has 1 saturated carbocycles. The van der Waals surface area contributed by atoms with E-state index in [-0.39, 0.29) is 30.1 Å². The van der Waals surface area contributed by atoms with E-state index >= 15 is 0 Å². The Bertz CT molecular complexity index is 334. The molecule has 18 heavy (non-hydrogen) atoms. The summed E-state index contributed by atoms with van der Waals surface area (Å²) in [6, 6.07) is 0. The molecule has 108 valence electrons. The highest BCUT2D eigenvalue weighted by molar-refractivity contribution is 7.89. The van der Waals surface area contributed by atoms with Crippen molar-refractivity contribution in [1.82, 2.24) is 4.72 Å². The second kappa shape index (κ2) is 7.68. The molecule has 0 spiro atoms. The first-order valence-electron chi connectivity index (χ1n) is 6.62. The second-order valence-electron chi connectivity index (χ2n) is 5.38. The van der Waals surface area contributed by atoms with Gasteiger partial charge in [0.1, 0.15) is 0 Å². The summed E-state index contributed by atoms with van der Waals surface area (Å²) in [4.78, 5) is 0. The molecular weight excluding hydrogens is 274 g/mol. The average Bonchev–Trinajstić information content (AvgIpc) is 2.36. The van der Waals surface area contributed by atoms with Gasteiger partial charge in [-0.15, -0.1) is 11.6 Å². The Morgan fingerprint density at radius 1 is 1.33 bits per heavy atom. The van der Waals surface area contributed by atoms with E-state index in [9.17, 15) is 13.5 Å². The summed E-state index contributed by atoms with van der Waals surface area (Å²) < 4.78 is 26.3. The smallest absolute Gasteiger partial charge is 0.211 e. The number of nitrogens with one attached hydrogen (secondary N) is 1. The number of rotatable bonds is 7. The summed E-state index contributed by atoms with van der Waals surface area (Å²) in [6.07, 6.45) is 4.26. The maximum atomic E-state index is 11.8. The van der Waals surface area contributed by atoms with Crippen LogP contribution < -0.4 is 4.72 Å². The zero-order valence-electron chi connectivity index (χ0n) is 10.9. The van der Waals surface area contributed by atoms with Gasteiger partial charge in [0.15, 0.2) is 0 Å². The number of aliphatic hydroxyl groups excluding tert-OH is 1. The molecule has 3 unspecified atom stereocenters. The van der Waals surface area contributed by atoms with Crippen LogP contribution in [0.1, 0.15) is 32.6 Å². The van der Waals surface area contributed by atoms with Crippen LogP contribution in [0.5, 0.6) is 0 Å². The minimum Gasteiger partial charge on any atom is -0.396 e. The molecule has 0 aromatic rings. The lowest BCUT2D eigenvalue weighted by atomic mass is 9.80. The highest BCUT2D eigenvalue weighted by Gasteiger charge is 2.26. The Morgan fingerprint density at radius 2 is 1.94 bits per heavy atom. The first-order valence-corrected chi connectivity index (χ1v) is 8.81. The van der Waals surface area contributed by atoms with Gasteiger partial charge in [-0.25, -0.2) is 13.1 Å². The summed E-state index contributed by atoms with van der Waals surface area (Å²) in [5, 5.41) is 9.28. The molecule has 1 fully saturated rings. The number of sulfonamides is 1. The van der Waals surface area contributed by atoms with Gasteiger partial charge in [-0.2, -0.15) is 0 Å². The van der Waals surface area contributed by atoms with E-state index < -0.39 is 10.0 Å². The fourth-order valence-corrected chi connectivity index (χ4v) is 4.20. The molecule has 6 heteroatoms. The first kappa shape index (κ1) is 16.2. The van der Waals surface area contributed by atoms with Crippen molar-refractivity contribution in [2.45, 2.75) is 32.6 Å². The number of aliphatic hydroxyl groups is 1. The number of hydrogen-bond acceptors (Lipinski definition) is 3. The number of hydrogen-bond donors (Lipinski definition) is 2. The van der Waals surface area contributed by atoms with Crippen molar-refractivity contribution in [2.24, 2.45) is 17.8 Å². The van der Waals surface area contributed by atoms with Crippen LogP contribution in [-0.4, -0.2) is 38.3 Å². The molecule has 0 aromatic carbocycles. The Labute approximate surface area is 115 Å². The van der Waals surface area contributed by atoms with E-state index in [1.807, 2.05) is 6.92 Å². The van der Waals surface area contributed by atoms with E-state index in [0.717, 1.165) is 25.7 Å². The molecule has 1 rings (SSSR count). The van der Waals surface area contributed by atoms with Gasteiger partial charge in [-0.3, -0.25) is 0 Å². The second-order valence-corrected chi connectivity index (χ2v) is 7.54. The maximum absolute atomic E-state index is 11.8. The zero-order chi connectivity index (χ0) is 13.6. The maximum Gasteiger partial charge on any atom is 0.211 e. The lowest BCUT2D eigenvalue weighted by Crippen LogP contribution is -2.37. The molecule has 0 radical (unpaired) electrons. The van der Waals surface area contributed by atoms with E-state index in [2.05, 4.69) is 4.72 Å². The summed E-state index contributed by atoms with van der Waals surface area (Å²) in [7, 11) is -3.24. The van der Waals surface area contributed by atoms with Crippen molar-refractivity contribution in [3.63, 3.8) is 0 Å². The Hall–Kier alpha value is 0.160. The third-order valence-electron chi connectivity index (χ3n) is 3.63. The molecular formula is C12H24ClNO3S. The van der Waals surface area contributed by atoms with Crippen LogP contribution in [0.25, 0.3) is 0 Å². The van der Waals surface area contributed by atoms with Crippen LogP contribution in [0, 0.1) is 17.8 Å². The van der Waals surface area contributed by atoms with Crippen molar-refractivity contribution < 1.29 is 13.5 Å². The van der Waals surface area contributed by atoms with Crippen LogP contribution in [0.3, 0.4) is 0 Å². The number of alkyl halides is 1. The summed E-state index contributed by atoms with van der Waals surface area (Å²) in [5.74, 6) is 0.900. The fourth-order valence-electron chi connectivity index (χ4n) is 2.51. The largest absolute Gasteiger partial charge is 0.396 e. The summed E-state index contributed by atoms with van der Waals surface area (Å²) in [6.45, 7) is 2.43. The van der Waals surface area contributed by atoms with Crippen LogP contribution >= 0.6 is 11.6 Å². The van der Waals surface area contributed by atoms with Gasteiger partial charge in [0.2, 0.25) is 10.0 Å². The Morgan fingerprint density at radius 3 is 2.50 bits per heavy atom. The van der Waals surface area contributed by atoms with Crippen LogP contribution in [0.15, 0.2) is 0 Å². The Kier molecular flexibility index (Phi) is 6.92.